The van der Waals surface area contributed by atoms with Crippen LogP contribution < -0.4 is 5.69 Å². The van der Waals surface area contributed by atoms with E-state index >= 15 is 0 Å². The summed E-state index contributed by atoms with van der Waals surface area (Å²) in [6.45, 7) is 2.64. The van der Waals surface area contributed by atoms with Gasteiger partial charge in [0.25, 0.3) is 0 Å². The van der Waals surface area contributed by atoms with Crippen molar-refractivity contribution < 1.29 is 0 Å². The lowest BCUT2D eigenvalue weighted by Gasteiger charge is -2.04. The van der Waals surface area contributed by atoms with E-state index in [-0.39, 0.29) is 5.69 Å². The number of nitrogens with one attached hydrogen (secondary N) is 1. The first-order valence-electron chi connectivity index (χ1n) is 5.68. The summed E-state index contributed by atoms with van der Waals surface area (Å²) in [5.74, 6) is 0. The van der Waals surface area contributed by atoms with Crippen molar-refractivity contribution in [3.63, 3.8) is 0 Å². The summed E-state index contributed by atoms with van der Waals surface area (Å²) >= 11 is 4.73. The molecule has 0 atom stereocenters. The molecular weight excluding hydrogens is 328 g/mol. The fourth-order valence-corrected chi connectivity index (χ4v) is 3.08. The Morgan fingerprint density at radius 2 is 2.37 bits per heavy atom. The van der Waals surface area contributed by atoms with E-state index in [1.54, 1.807) is 10.6 Å². The molecule has 0 radical (unpaired) electrons. The lowest BCUT2D eigenvalue weighted by atomic mass is 10.2. The second kappa shape index (κ2) is 6.08. The third-order valence-electron chi connectivity index (χ3n) is 2.44. The molecule has 1 N–H and O–H groups in total. The van der Waals surface area contributed by atoms with Crippen LogP contribution in [0.1, 0.15) is 18.9 Å². The Kier molecular flexibility index (Phi) is 4.45. The molecule has 0 aliphatic rings. The highest BCUT2D eigenvalue weighted by atomic mass is 79.9. The highest BCUT2D eigenvalue weighted by Crippen LogP contribution is 2.29. The Balaban J connectivity index is 2.29. The number of halogens is 1. The minimum absolute atomic E-state index is 0.197. The molecule has 0 spiro atoms. The van der Waals surface area contributed by atoms with E-state index in [9.17, 15) is 4.79 Å². The molecule has 0 saturated carbocycles. The molecular formula is C12H11BrN4OS. The quantitative estimate of drug-likeness (QED) is 0.929. The summed E-state index contributed by atoms with van der Waals surface area (Å²) < 4.78 is 2.34. The summed E-state index contributed by atoms with van der Waals surface area (Å²) in [6.07, 6.45) is 0.865. The predicted molar refractivity (Wildman–Crippen MR) is 76.1 cm³/mol. The van der Waals surface area contributed by atoms with Gasteiger partial charge in [-0.05, 0) is 52.3 Å². The van der Waals surface area contributed by atoms with Crippen molar-refractivity contribution in [2.24, 2.45) is 0 Å². The molecule has 5 nitrogen and oxygen atoms in total. The first-order valence-corrected chi connectivity index (χ1v) is 7.29. The first-order chi connectivity index (χ1) is 9.15. The van der Waals surface area contributed by atoms with E-state index in [1.165, 1.54) is 11.8 Å². The largest absolute Gasteiger partial charge is 0.343 e. The van der Waals surface area contributed by atoms with Crippen molar-refractivity contribution in [1.29, 1.82) is 5.26 Å². The van der Waals surface area contributed by atoms with Gasteiger partial charge in [-0.2, -0.15) is 5.26 Å². The second-order valence-electron chi connectivity index (χ2n) is 3.82. The summed E-state index contributed by atoms with van der Waals surface area (Å²) in [4.78, 5) is 12.5. The van der Waals surface area contributed by atoms with Gasteiger partial charge in [-0.25, -0.2) is 9.89 Å². The average Bonchev–Trinajstić information content (AvgIpc) is 2.72. The molecule has 0 unspecified atom stereocenters. The molecule has 1 aromatic heterocycles. The lowest BCUT2D eigenvalue weighted by Crippen LogP contribution is -2.17. The number of rotatable bonds is 4. The molecule has 0 bridgehead atoms. The topological polar surface area (TPSA) is 74.5 Å². The van der Waals surface area contributed by atoms with Gasteiger partial charge >= 0.3 is 5.69 Å². The molecule has 7 heteroatoms. The Hall–Kier alpha value is -1.52. The van der Waals surface area contributed by atoms with Crippen molar-refractivity contribution in [2.45, 2.75) is 29.9 Å². The van der Waals surface area contributed by atoms with Gasteiger partial charge in [0.15, 0.2) is 5.16 Å². The highest BCUT2D eigenvalue weighted by Gasteiger charge is 2.10. The molecule has 19 heavy (non-hydrogen) atoms. The normalized spacial score (nSPS) is 10.4. The van der Waals surface area contributed by atoms with Gasteiger partial charge in [0.05, 0.1) is 5.56 Å². The van der Waals surface area contributed by atoms with Crippen LogP contribution in [0.2, 0.25) is 0 Å². The van der Waals surface area contributed by atoms with E-state index in [0.717, 1.165) is 15.8 Å². The zero-order valence-corrected chi connectivity index (χ0v) is 12.6. The van der Waals surface area contributed by atoms with Crippen LogP contribution in [0, 0.1) is 11.3 Å². The smallest absolute Gasteiger partial charge is 0.270 e. The van der Waals surface area contributed by atoms with Crippen molar-refractivity contribution in [2.75, 3.05) is 0 Å². The Morgan fingerprint density at radius 3 is 3.00 bits per heavy atom. The summed E-state index contributed by atoms with van der Waals surface area (Å²) in [7, 11) is 0. The van der Waals surface area contributed by atoms with Gasteiger partial charge in [-0.3, -0.25) is 4.57 Å². The zero-order valence-electron chi connectivity index (χ0n) is 10.2. The van der Waals surface area contributed by atoms with Gasteiger partial charge in [0.1, 0.15) is 6.07 Å². The number of hydrogen-bond donors (Lipinski definition) is 1. The van der Waals surface area contributed by atoms with Crippen LogP contribution in [0.25, 0.3) is 0 Å². The van der Waals surface area contributed by atoms with Crippen LogP contribution in [0.4, 0.5) is 0 Å². The van der Waals surface area contributed by atoms with Crippen molar-refractivity contribution in [1.82, 2.24) is 14.8 Å². The molecule has 0 amide bonds. The summed E-state index contributed by atoms with van der Waals surface area (Å²) in [6, 6.07) is 7.51. The number of benzene rings is 1. The van der Waals surface area contributed by atoms with Crippen LogP contribution >= 0.6 is 27.7 Å². The molecule has 0 fully saturated rings. The lowest BCUT2D eigenvalue weighted by molar-refractivity contribution is 0.604. The fraction of sp³-hybridized carbons (Fsp3) is 0.250. The van der Waals surface area contributed by atoms with Crippen LogP contribution in [0.3, 0.4) is 0 Å². The highest BCUT2D eigenvalue weighted by molar-refractivity contribution is 9.10. The van der Waals surface area contributed by atoms with E-state index in [2.05, 4.69) is 32.2 Å². The zero-order chi connectivity index (χ0) is 13.8. The van der Waals surface area contributed by atoms with E-state index in [4.69, 9.17) is 5.26 Å². The molecule has 2 aromatic rings. The number of aromatic amines is 1. The van der Waals surface area contributed by atoms with Crippen LogP contribution in [0.5, 0.6) is 0 Å². The number of H-pyrrole nitrogens is 1. The van der Waals surface area contributed by atoms with E-state index < -0.39 is 0 Å². The number of aromatic nitrogens is 3. The average molecular weight is 339 g/mol. The summed E-state index contributed by atoms with van der Waals surface area (Å²) in [5.41, 5.74) is 0.384. The molecule has 0 saturated heterocycles. The monoisotopic (exact) mass is 338 g/mol. The molecule has 98 valence electrons. The maximum atomic E-state index is 11.6. The first kappa shape index (κ1) is 13.9. The van der Waals surface area contributed by atoms with Crippen molar-refractivity contribution >= 4 is 27.7 Å². The van der Waals surface area contributed by atoms with Crippen LogP contribution in [-0.4, -0.2) is 14.8 Å². The van der Waals surface area contributed by atoms with Crippen LogP contribution in [0.15, 0.2) is 37.5 Å². The van der Waals surface area contributed by atoms with E-state index in [1.807, 2.05) is 19.1 Å². The van der Waals surface area contributed by atoms with Gasteiger partial charge in [-0.1, -0.05) is 6.92 Å². The second-order valence-corrected chi connectivity index (χ2v) is 5.71. The van der Waals surface area contributed by atoms with Crippen molar-refractivity contribution in [3.05, 3.63) is 38.7 Å². The number of nitriles is 1. The maximum absolute atomic E-state index is 11.6. The third kappa shape index (κ3) is 3.08. The molecule has 0 aliphatic carbocycles. The van der Waals surface area contributed by atoms with Gasteiger partial charge in [-0.15, -0.1) is 5.10 Å². The predicted octanol–water partition coefficient (Wildman–Crippen LogP) is 2.77. The maximum Gasteiger partial charge on any atom is 0.343 e. The molecule has 1 heterocycles. The summed E-state index contributed by atoms with van der Waals surface area (Å²) in [5, 5.41) is 16.0. The van der Waals surface area contributed by atoms with E-state index in [0.29, 0.717) is 17.3 Å². The molecule has 2 rings (SSSR count). The van der Waals surface area contributed by atoms with Gasteiger partial charge in [0.2, 0.25) is 0 Å². The standard InChI is InChI=1S/C12H11BrN4OS/c1-2-5-17-11(18)15-16-12(17)19-9-4-3-8(7-14)10(13)6-9/h3-4,6H,2,5H2,1H3,(H,15,18). The fourth-order valence-electron chi connectivity index (χ4n) is 1.56. The number of nitrogens with zero attached hydrogens (tertiary/aromatic N) is 3. The minimum atomic E-state index is -0.197. The van der Waals surface area contributed by atoms with Crippen molar-refractivity contribution in [3.8, 4) is 6.07 Å². The number of hydrogen-bond acceptors (Lipinski definition) is 4. The molecule has 1 aromatic carbocycles. The van der Waals surface area contributed by atoms with Gasteiger partial charge in [0, 0.05) is 15.9 Å². The minimum Gasteiger partial charge on any atom is -0.270 e. The third-order valence-corrected chi connectivity index (χ3v) is 4.08. The van der Waals surface area contributed by atoms with Crippen LogP contribution in [-0.2, 0) is 6.54 Å². The Morgan fingerprint density at radius 1 is 1.58 bits per heavy atom. The Labute approximate surface area is 122 Å². The molecule has 0 aliphatic heterocycles. The SMILES string of the molecule is CCCn1c(Sc2ccc(C#N)c(Br)c2)n[nH]c1=O. The Bertz CT molecular complexity index is 686. The van der Waals surface area contributed by atoms with Gasteiger partial charge < -0.3 is 0 Å².